The zero-order chi connectivity index (χ0) is 14.1. The Labute approximate surface area is 113 Å². The Morgan fingerprint density at radius 2 is 1.79 bits per heavy atom. The van der Waals surface area contributed by atoms with Gasteiger partial charge >= 0.3 is 5.97 Å². The first-order chi connectivity index (χ1) is 9.21. The van der Waals surface area contributed by atoms with Gasteiger partial charge in [-0.15, -0.1) is 0 Å². The normalized spacial score (nSPS) is 10.7. The number of hydrogen-bond acceptors (Lipinski definition) is 5. The van der Waals surface area contributed by atoms with Crippen molar-refractivity contribution < 1.29 is 9.53 Å². The fourth-order valence-corrected chi connectivity index (χ4v) is 1.71. The summed E-state index contributed by atoms with van der Waals surface area (Å²) >= 11 is 0. The van der Waals surface area contributed by atoms with Crippen LogP contribution in [0.5, 0.6) is 0 Å². The van der Waals surface area contributed by atoms with Gasteiger partial charge in [-0.05, 0) is 23.8 Å². The fraction of sp³-hybridized carbons (Fsp3) is 0.357. The summed E-state index contributed by atoms with van der Waals surface area (Å²) in [6.45, 7) is 2.72. The highest BCUT2D eigenvalue weighted by Gasteiger charge is 2.03. The number of carbonyl (C=O) groups excluding carboxylic acids is 1. The van der Waals surface area contributed by atoms with E-state index in [4.69, 9.17) is 11.5 Å². The van der Waals surface area contributed by atoms with Crippen molar-refractivity contribution in [2.75, 3.05) is 38.2 Å². The molecule has 0 aliphatic heterocycles. The summed E-state index contributed by atoms with van der Waals surface area (Å²) < 4.78 is 4.54. The second kappa shape index (κ2) is 8.29. The third-order valence-electron chi connectivity index (χ3n) is 2.67. The summed E-state index contributed by atoms with van der Waals surface area (Å²) in [4.78, 5) is 13.1. The Kier molecular flexibility index (Phi) is 6.63. The maximum Gasteiger partial charge on any atom is 0.330 e. The number of anilines is 1. The lowest BCUT2D eigenvalue weighted by Crippen LogP contribution is -2.33. The number of rotatable bonds is 7. The van der Waals surface area contributed by atoms with E-state index < -0.39 is 0 Å². The maximum atomic E-state index is 11.0. The third kappa shape index (κ3) is 5.11. The summed E-state index contributed by atoms with van der Waals surface area (Å²) in [7, 11) is 1.35. The molecule has 19 heavy (non-hydrogen) atoms. The van der Waals surface area contributed by atoms with Crippen LogP contribution in [-0.2, 0) is 9.53 Å². The van der Waals surface area contributed by atoms with Gasteiger partial charge < -0.3 is 21.1 Å². The molecular formula is C14H21N3O2. The zero-order valence-corrected chi connectivity index (χ0v) is 11.2. The first-order valence-electron chi connectivity index (χ1n) is 6.22. The lowest BCUT2D eigenvalue weighted by molar-refractivity contribution is -0.134. The summed E-state index contributed by atoms with van der Waals surface area (Å²) in [6, 6.07) is 7.86. The Morgan fingerprint density at radius 3 is 2.26 bits per heavy atom. The number of ether oxygens (including phenoxy) is 1. The summed E-state index contributed by atoms with van der Waals surface area (Å²) in [5.74, 6) is -0.364. The van der Waals surface area contributed by atoms with Crippen molar-refractivity contribution in [1.29, 1.82) is 0 Å². The highest BCUT2D eigenvalue weighted by molar-refractivity contribution is 5.86. The number of methoxy groups -OCH3 is 1. The van der Waals surface area contributed by atoms with E-state index in [1.807, 2.05) is 24.3 Å². The van der Waals surface area contributed by atoms with Crippen molar-refractivity contribution in [1.82, 2.24) is 0 Å². The average molecular weight is 263 g/mol. The second-order valence-corrected chi connectivity index (χ2v) is 4.01. The molecule has 0 radical (unpaired) electrons. The molecule has 0 saturated carbocycles. The van der Waals surface area contributed by atoms with E-state index in [-0.39, 0.29) is 5.97 Å². The summed E-state index contributed by atoms with van der Waals surface area (Å²) in [5, 5.41) is 0. The first kappa shape index (κ1) is 15.2. The van der Waals surface area contributed by atoms with Crippen molar-refractivity contribution in [3.8, 4) is 0 Å². The fourth-order valence-electron chi connectivity index (χ4n) is 1.71. The highest BCUT2D eigenvalue weighted by Crippen LogP contribution is 2.15. The van der Waals surface area contributed by atoms with Gasteiger partial charge in [0, 0.05) is 37.9 Å². The molecule has 104 valence electrons. The largest absolute Gasteiger partial charge is 0.466 e. The lowest BCUT2D eigenvalue weighted by Gasteiger charge is -2.23. The molecule has 5 heteroatoms. The van der Waals surface area contributed by atoms with Gasteiger partial charge in [0.1, 0.15) is 0 Å². The van der Waals surface area contributed by atoms with E-state index in [1.165, 1.54) is 13.2 Å². The summed E-state index contributed by atoms with van der Waals surface area (Å²) in [6.07, 6.45) is 3.11. The molecule has 0 aromatic heterocycles. The van der Waals surface area contributed by atoms with Gasteiger partial charge in [-0.3, -0.25) is 0 Å². The zero-order valence-electron chi connectivity index (χ0n) is 11.2. The minimum atomic E-state index is -0.364. The minimum absolute atomic E-state index is 0.364. The molecule has 1 rings (SSSR count). The predicted molar refractivity (Wildman–Crippen MR) is 77.8 cm³/mol. The van der Waals surface area contributed by atoms with Gasteiger partial charge in [-0.25, -0.2) is 4.79 Å². The number of esters is 1. The van der Waals surface area contributed by atoms with Crippen LogP contribution in [0.1, 0.15) is 5.56 Å². The SMILES string of the molecule is COC(=O)/C=C\c1ccc(N(CCN)CCN)cc1. The molecule has 0 amide bonds. The number of nitrogens with zero attached hydrogens (tertiary/aromatic N) is 1. The predicted octanol–water partition coefficient (Wildman–Crippen LogP) is 0.597. The van der Waals surface area contributed by atoms with Gasteiger partial charge in [0.05, 0.1) is 7.11 Å². The van der Waals surface area contributed by atoms with Crippen LogP contribution in [0.3, 0.4) is 0 Å². The van der Waals surface area contributed by atoms with Crippen LogP contribution in [0.4, 0.5) is 5.69 Å². The maximum absolute atomic E-state index is 11.0. The number of benzene rings is 1. The number of hydrogen-bond donors (Lipinski definition) is 2. The molecule has 0 atom stereocenters. The molecule has 1 aromatic carbocycles. The standard InChI is InChI=1S/C14H21N3O2/c1-19-14(18)7-4-12-2-5-13(6-3-12)17(10-8-15)11-9-16/h2-7H,8-11,15-16H2,1H3/b7-4-. The van der Waals surface area contributed by atoms with Gasteiger partial charge in [-0.1, -0.05) is 12.1 Å². The van der Waals surface area contributed by atoms with E-state index >= 15 is 0 Å². The highest BCUT2D eigenvalue weighted by atomic mass is 16.5. The van der Waals surface area contributed by atoms with E-state index in [0.29, 0.717) is 13.1 Å². The minimum Gasteiger partial charge on any atom is -0.466 e. The molecule has 0 fully saturated rings. The molecule has 0 saturated heterocycles. The van der Waals surface area contributed by atoms with Crippen LogP contribution in [0.25, 0.3) is 6.08 Å². The smallest absolute Gasteiger partial charge is 0.330 e. The van der Waals surface area contributed by atoms with Crippen molar-refractivity contribution >= 4 is 17.7 Å². The molecule has 0 bridgehead atoms. The van der Waals surface area contributed by atoms with Crippen LogP contribution in [0.15, 0.2) is 30.3 Å². The van der Waals surface area contributed by atoms with Crippen molar-refractivity contribution in [3.05, 3.63) is 35.9 Å². The first-order valence-corrected chi connectivity index (χ1v) is 6.22. The monoisotopic (exact) mass is 263 g/mol. The second-order valence-electron chi connectivity index (χ2n) is 4.01. The Hall–Kier alpha value is -1.85. The van der Waals surface area contributed by atoms with E-state index in [1.54, 1.807) is 6.08 Å². The third-order valence-corrected chi connectivity index (χ3v) is 2.67. The van der Waals surface area contributed by atoms with Crippen molar-refractivity contribution in [3.63, 3.8) is 0 Å². The van der Waals surface area contributed by atoms with E-state index in [9.17, 15) is 4.79 Å². The summed E-state index contributed by atoms with van der Waals surface area (Å²) in [5.41, 5.74) is 13.2. The van der Waals surface area contributed by atoms with E-state index in [2.05, 4.69) is 9.64 Å². The molecule has 1 aromatic rings. The molecular weight excluding hydrogens is 242 g/mol. The van der Waals surface area contributed by atoms with Crippen LogP contribution in [0, 0.1) is 0 Å². The Bertz CT molecular complexity index is 409. The van der Waals surface area contributed by atoms with Crippen LogP contribution >= 0.6 is 0 Å². The van der Waals surface area contributed by atoms with Gasteiger partial charge in [0.25, 0.3) is 0 Å². The molecule has 0 unspecified atom stereocenters. The van der Waals surface area contributed by atoms with Gasteiger partial charge in [0.15, 0.2) is 0 Å². The number of nitrogens with two attached hydrogens (primary N) is 2. The topological polar surface area (TPSA) is 81.6 Å². The Balaban J connectivity index is 2.73. The van der Waals surface area contributed by atoms with Crippen LogP contribution in [0.2, 0.25) is 0 Å². The number of carbonyl (C=O) groups is 1. The lowest BCUT2D eigenvalue weighted by atomic mass is 10.2. The average Bonchev–Trinajstić information content (AvgIpc) is 2.45. The molecule has 0 aliphatic carbocycles. The Morgan fingerprint density at radius 1 is 1.21 bits per heavy atom. The van der Waals surface area contributed by atoms with E-state index in [0.717, 1.165) is 24.3 Å². The molecule has 0 spiro atoms. The molecule has 0 aliphatic rings. The van der Waals surface area contributed by atoms with Gasteiger partial charge in [-0.2, -0.15) is 0 Å². The molecule has 5 nitrogen and oxygen atoms in total. The van der Waals surface area contributed by atoms with Crippen molar-refractivity contribution in [2.24, 2.45) is 11.5 Å². The molecule has 4 N–H and O–H groups in total. The van der Waals surface area contributed by atoms with Crippen molar-refractivity contribution in [2.45, 2.75) is 0 Å². The van der Waals surface area contributed by atoms with Gasteiger partial charge in [0.2, 0.25) is 0 Å². The quantitative estimate of drug-likeness (QED) is 0.556. The van der Waals surface area contributed by atoms with Crippen LogP contribution < -0.4 is 16.4 Å². The molecule has 0 heterocycles. The van der Waals surface area contributed by atoms with Crippen LogP contribution in [-0.4, -0.2) is 39.3 Å².